The number of aromatic hydroxyl groups is 2. The molecule has 1 aromatic carbocycles. The molecule has 166 valence electrons. The Morgan fingerprint density at radius 2 is 1.81 bits per heavy atom. The molecule has 0 amide bonds. The SMILES string of the molecule is CC(=O)c1c(O)c(C)c(O)c2c1OC1=CC(=O)C(=C(C)NCc3ccc(C)o3)C(=O)[C@@]12C. The number of phenolic OH excluding ortho intramolecular Hbond substituents is 2. The van der Waals surface area contributed by atoms with E-state index in [2.05, 4.69) is 5.32 Å². The van der Waals surface area contributed by atoms with Gasteiger partial charge in [0.05, 0.1) is 17.7 Å². The molecular formula is C24H23NO7. The van der Waals surface area contributed by atoms with Crippen molar-refractivity contribution in [1.82, 2.24) is 5.32 Å². The van der Waals surface area contributed by atoms with Gasteiger partial charge in [-0.05, 0) is 46.8 Å². The lowest BCUT2D eigenvalue weighted by molar-refractivity contribution is -0.123. The zero-order valence-corrected chi connectivity index (χ0v) is 18.4. The van der Waals surface area contributed by atoms with Gasteiger partial charge in [0.25, 0.3) is 0 Å². The molecule has 1 aliphatic carbocycles. The van der Waals surface area contributed by atoms with E-state index < -0.39 is 28.5 Å². The monoisotopic (exact) mass is 437 g/mol. The van der Waals surface area contributed by atoms with Gasteiger partial charge >= 0.3 is 0 Å². The number of allylic oxidation sites excluding steroid dienone is 4. The predicted molar refractivity (Wildman–Crippen MR) is 114 cm³/mol. The summed E-state index contributed by atoms with van der Waals surface area (Å²) in [7, 11) is 0. The van der Waals surface area contributed by atoms with Crippen LogP contribution in [0.5, 0.6) is 17.2 Å². The van der Waals surface area contributed by atoms with E-state index in [9.17, 15) is 24.6 Å². The summed E-state index contributed by atoms with van der Waals surface area (Å²) in [6.45, 7) is 7.92. The molecule has 0 unspecified atom stereocenters. The Labute approximate surface area is 184 Å². The first-order chi connectivity index (χ1) is 15.0. The summed E-state index contributed by atoms with van der Waals surface area (Å²) < 4.78 is 11.3. The highest BCUT2D eigenvalue weighted by Gasteiger charge is 2.56. The summed E-state index contributed by atoms with van der Waals surface area (Å²) >= 11 is 0. The topological polar surface area (TPSA) is 126 Å². The Kier molecular flexibility index (Phi) is 4.76. The van der Waals surface area contributed by atoms with Crippen LogP contribution in [0.15, 0.2) is 39.7 Å². The third-order valence-corrected chi connectivity index (χ3v) is 6.08. The zero-order valence-electron chi connectivity index (χ0n) is 18.4. The second-order valence-corrected chi connectivity index (χ2v) is 8.25. The number of rotatable bonds is 4. The molecule has 3 N–H and O–H groups in total. The number of fused-ring (bicyclic) bond motifs is 3. The van der Waals surface area contributed by atoms with Gasteiger partial charge in [-0.15, -0.1) is 0 Å². The largest absolute Gasteiger partial charge is 0.507 e. The maximum Gasteiger partial charge on any atom is 0.194 e. The quantitative estimate of drug-likeness (QED) is 0.378. The molecule has 8 nitrogen and oxygen atoms in total. The van der Waals surface area contributed by atoms with Crippen LogP contribution in [0.1, 0.15) is 53.8 Å². The molecule has 2 aliphatic rings. The third kappa shape index (κ3) is 2.86. The second kappa shape index (κ2) is 7.12. The van der Waals surface area contributed by atoms with Gasteiger partial charge in [-0.1, -0.05) is 0 Å². The van der Waals surface area contributed by atoms with Crippen LogP contribution in [0, 0.1) is 13.8 Å². The molecule has 1 aliphatic heterocycles. The molecule has 4 rings (SSSR count). The molecule has 0 radical (unpaired) electrons. The average molecular weight is 437 g/mol. The predicted octanol–water partition coefficient (Wildman–Crippen LogP) is 3.26. The van der Waals surface area contributed by atoms with Crippen molar-refractivity contribution in [3.8, 4) is 17.2 Å². The molecule has 1 atom stereocenters. The van der Waals surface area contributed by atoms with Crippen molar-refractivity contribution in [2.45, 2.75) is 46.6 Å². The first-order valence-electron chi connectivity index (χ1n) is 10.1. The highest BCUT2D eigenvalue weighted by Crippen LogP contribution is 2.57. The van der Waals surface area contributed by atoms with Gasteiger partial charge in [0.2, 0.25) is 0 Å². The normalized spacial score (nSPS) is 21.0. The number of furan rings is 1. The average Bonchev–Trinajstić information content (AvgIpc) is 3.26. The highest BCUT2D eigenvalue weighted by molar-refractivity contribution is 6.31. The van der Waals surface area contributed by atoms with E-state index in [4.69, 9.17) is 9.15 Å². The minimum absolute atomic E-state index is 0.00325. The van der Waals surface area contributed by atoms with Crippen LogP contribution >= 0.6 is 0 Å². The van der Waals surface area contributed by atoms with Crippen LogP contribution in [0.25, 0.3) is 0 Å². The van der Waals surface area contributed by atoms with Crippen LogP contribution in [0.3, 0.4) is 0 Å². The van der Waals surface area contributed by atoms with Crippen molar-refractivity contribution in [3.63, 3.8) is 0 Å². The highest BCUT2D eigenvalue weighted by atomic mass is 16.5. The van der Waals surface area contributed by atoms with E-state index in [-0.39, 0.29) is 46.1 Å². The molecule has 8 heteroatoms. The fraction of sp³-hybridized carbons (Fsp3) is 0.292. The number of hydrogen-bond donors (Lipinski definition) is 3. The minimum atomic E-state index is -1.53. The van der Waals surface area contributed by atoms with Gasteiger partial charge in [-0.3, -0.25) is 14.4 Å². The summed E-state index contributed by atoms with van der Waals surface area (Å²) in [6.07, 6.45) is 1.19. The molecule has 2 aromatic rings. The van der Waals surface area contributed by atoms with E-state index in [1.165, 1.54) is 26.8 Å². The smallest absolute Gasteiger partial charge is 0.194 e. The summed E-state index contributed by atoms with van der Waals surface area (Å²) in [5, 5.41) is 24.3. The number of Topliss-reactive ketones (excluding diaryl/α,β-unsaturated/α-hetero) is 2. The Morgan fingerprint density at radius 3 is 2.41 bits per heavy atom. The molecular weight excluding hydrogens is 414 g/mol. The molecule has 0 fully saturated rings. The van der Waals surface area contributed by atoms with E-state index in [0.29, 0.717) is 11.5 Å². The van der Waals surface area contributed by atoms with Gasteiger partial charge in [-0.2, -0.15) is 0 Å². The van der Waals surface area contributed by atoms with Crippen LogP contribution in [-0.4, -0.2) is 27.6 Å². The third-order valence-electron chi connectivity index (χ3n) is 6.08. The molecule has 0 bridgehead atoms. The van der Waals surface area contributed by atoms with E-state index >= 15 is 0 Å². The number of phenols is 2. The summed E-state index contributed by atoms with van der Waals surface area (Å²) in [5.74, 6) is -1.11. The number of carbonyl (C=O) groups is 3. The Balaban J connectivity index is 1.84. The standard InChI is InChI=1S/C24H23NO7/c1-10-6-7-14(31-10)9-25-12(3)17-15(27)8-16-24(5,23(17)30)19-21(29)11(2)20(28)18(13(4)26)22(19)32-16/h6-8,25,28-29H,9H2,1-5H3/t24-/m0/s1. The minimum Gasteiger partial charge on any atom is -0.507 e. The van der Waals surface area contributed by atoms with E-state index in [0.717, 1.165) is 5.76 Å². The maximum atomic E-state index is 13.7. The number of benzene rings is 1. The van der Waals surface area contributed by atoms with Crippen LogP contribution in [-0.2, 0) is 21.5 Å². The fourth-order valence-electron chi connectivity index (χ4n) is 4.25. The lowest BCUT2D eigenvalue weighted by Gasteiger charge is -2.29. The summed E-state index contributed by atoms with van der Waals surface area (Å²) in [5.41, 5.74) is -1.28. The lowest BCUT2D eigenvalue weighted by atomic mass is 9.70. The number of nitrogens with one attached hydrogen (secondary N) is 1. The van der Waals surface area contributed by atoms with E-state index in [1.807, 2.05) is 13.0 Å². The Hall–Kier alpha value is -3.81. The fourth-order valence-corrected chi connectivity index (χ4v) is 4.25. The number of hydrogen-bond acceptors (Lipinski definition) is 8. The van der Waals surface area contributed by atoms with Crippen LogP contribution < -0.4 is 10.1 Å². The van der Waals surface area contributed by atoms with Gasteiger partial charge < -0.3 is 24.7 Å². The maximum absolute atomic E-state index is 13.7. The zero-order chi connectivity index (χ0) is 23.5. The van der Waals surface area contributed by atoms with Gasteiger partial charge in [0.1, 0.15) is 45.5 Å². The van der Waals surface area contributed by atoms with Crippen molar-refractivity contribution < 1.29 is 33.8 Å². The first kappa shape index (κ1) is 21.4. The number of carbonyl (C=O) groups excluding carboxylic acids is 3. The molecule has 0 saturated carbocycles. The first-order valence-corrected chi connectivity index (χ1v) is 10.1. The molecule has 2 heterocycles. The van der Waals surface area contributed by atoms with Crippen molar-refractivity contribution in [1.29, 1.82) is 0 Å². The van der Waals surface area contributed by atoms with E-state index in [1.54, 1.807) is 13.0 Å². The molecule has 0 saturated heterocycles. The Morgan fingerprint density at radius 1 is 1.12 bits per heavy atom. The van der Waals surface area contributed by atoms with Gasteiger partial charge in [0, 0.05) is 17.3 Å². The second-order valence-electron chi connectivity index (χ2n) is 8.25. The summed E-state index contributed by atoms with van der Waals surface area (Å²) in [4.78, 5) is 38.7. The van der Waals surface area contributed by atoms with Gasteiger partial charge in [-0.25, -0.2) is 0 Å². The Bertz CT molecular complexity index is 1280. The molecule has 32 heavy (non-hydrogen) atoms. The number of ketones is 3. The molecule has 0 spiro atoms. The van der Waals surface area contributed by atoms with Crippen LogP contribution in [0.2, 0.25) is 0 Å². The molecule has 1 aromatic heterocycles. The van der Waals surface area contributed by atoms with Crippen molar-refractivity contribution in [2.75, 3.05) is 0 Å². The van der Waals surface area contributed by atoms with Crippen molar-refractivity contribution in [2.24, 2.45) is 0 Å². The summed E-state index contributed by atoms with van der Waals surface area (Å²) in [6, 6.07) is 3.61. The van der Waals surface area contributed by atoms with Crippen molar-refractivity contribution >= 4 is 17.3 Å². The van der Waals surface area contributed by atoms with Crippen LogP contribution in [0.4, 0.5) is 0 Å². The number of aryl methyl sites for hydroxylation is 1. The number of ether oxygens (including phenoxy) is 1. The lowest BCUT2D eigenvalue weighted by Crippen LogP contribution is -2.41. The van der Waals surface area contributed by atoms with Crippen molar-refractivity contribution in [3.05, 3.63) is 63.4 Å². The van der Waals surface area contributed by atoms with Gasteiger partial charge in [0.15, 0.2) is 17.3 Å².